The molecule has 0 radical (unpaired) electrons. The molecule has 0 saturated heterocycles. The number of anilines is 1. The van der Waals surface area contributed by atoms with Crippen LogP contribution in [0.4, 0.5) is 11.4 Å². The number of non-ortho nitro benzene ring substituents is 1. The first kappa shape index (κ1) is 14.5. The number of nitrogens with zero attached hydrogens (tertiary/aromatic N) is 2. The van der Waals surface area contributed by atoms with Crippen molar-refractivity contribution in [2.75, 3.05) is 5.32 Å². The topological polar surface area (TPSA) is 68.1 Å². The van der Waals surface area contributed by atoms with E-state index in [4.69, 9.17) is 0 Å². The first-order chi connectivity index (χ1) is 10.7. The third-order valence-electron chi connectivity index (χ3n) is 4.12. The van der Waals surface area contributed by atoms with Crippen LogP contribution < -0.4 is 5.32 Å². The lowest BCUT2D eigenvalue weighted by Gasteiger charge is -2.25. The van der Waals surface area contributed by atoms with E-state index in [-0.39, 0.29) is 10.6 Å². The Morgan fingerprint density at radius 1 is 1.14 bits per heavy atom. The van der Waals surface area contributed by atoms with Crippen molar-refractivity contribution in [2.24, 2.45) is 0 Å². The Labute approximate surface area is 129 Å². The maximum Gasteiger partial charge on any atom is 0.270 e. The van der Waals surface area contributed by atoms with Crippen molar-refractivity contribution in [3.05, 3.63) is 52.7 Å². The summed E-state index contributed by atoms with van der Waals surface area (Å²) < 4.78 is 0. The van der Waals surface area contributed by atoms with Gasteiger partial charge >= 0.3 is 0 Å². The van der Waals surface area contributed by atoms with Gasteiger partial charge in [0.15, 0.2) is 0 Å². The van der Waals surface area contributed by atoms with E-state index in [1.54, 1.807) is 24.4 Å². The van der Waals surface area contributed by atoms with E-state index in [9.17, 15) is 10.1 Å². The molecule has 0 amide bonds. The van der Waals surface area contributed by atoms with Crippen LogP contribution in [0.1, 0.15) is 32.1 Å². The Balaban J connectivity index is 1.95. The smallest absolute Gasteiger partial charge is 0.270 e. The summed E-state index contributed by atoms with van der Waals surface area (Å²) in [7, 11) is 0. The number of pyridine rings is 1. The SMILES string of the molecule is O=[N+]([O-])c1ccc(NC2CCCCC2)c(-c2ccccn2)c1. The van der Waals surface area contributed by atoms with Crippen LogP contribution in [-0.4, -0.2) is 15.9 Å². The monoisotopic (exact) mass is 297 g/mol. The average Bonchev–Trinajstić information content (AvgIpc) is 2.57. The van der Waals surface area contributed by atoms with Crippen LogP contribution in [0, 0.1) is 10.1 Å². The molecule has 2 aromatic rings. The van der Waals surface area contributed by atoms with Crippen molar-refractivity contribution in [3.8, 4) is 11.3 Å². The second kappa shape index (κ2) is 6.56. The van der Waals surface area contributed by atoms with Gasteiger partial charge in [-0.25, -0.2) is 0 Å². The minimum atomic E-state index is -0.364. The maximum atomic E-state index is 11.1. The summed E-state index contributed by atoms with van der Waals surface area (Å²) in [5.74, 6) is 0. The standard InChI is InChI=1S/C17H19N3O2/c21-20(22)14-9-10-17(19-13-6-2-1-3-7-13)15(12-14)16-8-4-5-11-18-16/h4-5,8-13,19H,1-3,6-7H2. The van der Waals surface area contributed by atoms with Crippen LogP contribution in [-0.2, 0) is 0 Å². The highest BCUT2D eigenvalue weighted by molar-refractivity contribution is 5.78. The van der Waals surface area contributed by atoms with Crippen LogP contribution in [0.5, 0.6) is 0 Å². The van der Waals surface area contributed by atoms with Crippen LogP contribution in [0.15, 0.2) is 42.6 Å². The molecule has 1 aromatic carbocycles. The quantitative estimate of drug-likeness (QED) is 0.670. The van der Waals surface area contributed by atoms with Crippen molar-refractivity contribution in [2.45, 2.75) is 38.1 Å². The van der Waals surface area contributed by atoms with E-state index < -0.39 is 0 Å². The lowest BCUT2D eigenvalue weighted by atomic mass is 9.95. The summed E-state index contributed by atoms with van der Waals surface area (Å²) in [4.78, 5) is 15.0. The van der Waals surface area contributed by atoms with Gasteiger partial charge in [0.2, 0.25) is 0 Å². The summed E-state index contributed by atoms with van der Waals surface area (Å²) in [6.07, 6.45) is 7.79. The zero-order valence-electron chi connectivity index (χ0n) is 12.4. The van der Waals surface area contributed by atoms with Crippen LogP contribution in [0.2, 0.25) is 0 Å². The lowest BCUT2D eigenvalue weighted by molar-refractivity contribution is -0.384. The molecule has 0 unspecified atom stereocenters. The van der Waals surface area contributed by atoms with E-state index in [1.807, 2.05) is 18.2 Å². The summed E-state index contributed by atoms with van der Waals surface area (Å²) >= 11 is 0. The van der Waals surface area contributed by atoms with E-state index in [2.05, 4.69) is 10.3 Å². The first-order valence-electron chi connectivity index (χ1n) is 7.70. The molecular formula is C17H19N3O2. The summed E-state index contributed by atoms with van der Waals surface area (Å²) in [5, 5.41) is 14.6. The largest absolute Gasteiger partial charge is 0.382 e. The molecule has 1 aliphatic carbocycles. The molecule has 1 aliphatic rings. The van der Waals surface area contributed by atoms with Crippen LogP contribution in [0.3, 0.4) is 0 Å². The highest BCUT2D eigenvalue weighted by atomic mass is 16.6. The van der Waals surface area contributed by atoms with Gasteiger partial charge in [-0.05, 0) is 31.0 Å². The van der Waals surface area contributed by atoms with Gasteiger partial charge in [0.05, 0.1) is 10.6 Å². The molecule has 1 saturated carbocycles. The Morgan fingerprint density at radius 2 is 1.95 bits per heavy atom. The normalized spacial score (nSPS) is 15.5. The Kier molecular flexibility index (Phi) is 4.32. The number of nitro benzene ring substituents is 1. The van der Waals surface area contributed by atoms with Crippen molar-refractivity contribution in [1.82, 2.24) is 4.98 Å². The molecule has 5 heteroatoms. The van der Waals surface area contributed by atoms with Crippen molar-refractivity contribution < 1.29 is 4.92 Å². The van der Waals surface area contributed by atoms with E-state index in [0.717, 1.165) is 29.8 Å². The van der Waals surface area contributed by atoms with Crippen molar-refractivity contribution in [3.63, 3.8) is 0 Å². The minimum Gasteiger partial charge on any atom is -0.382 e. The van der Waals surface area contributed by atoms with Crippen molar-refractivity contribution >= 4 is 11.4 Å². The molecular weight excluding hydrogens is 278 g/mol. The Bertz CT molecular complexity index is 652. The van der Waals surface area contributed by atoms with Gasteiger partial charge < -0.3 is 5.32 Å². The van der Waals surface area contributed by atoms with Gasteiger partial charge in [0.25, 0.3) is 5.69 Å². The number of hydrogen-bond donors (Lipinski definition) is 1. The molecule has 0 aliphatic heterocycles. The number of nitrogens with one attached hydrogen (secondary N) is 1. The second-order valence-corrected chi connectivity index (χ2v) is 5.68. The van der Waals surface area contributed by atoms with E-state index >= 15 is 0 Å². The van der Waals surface area contributed by atoms with Gasteiger partial charge in [0.1, 0.15) is 0 Å². The van der Waals surface area contributed by atoms with Crippen molar-refractivity contribution in [1.29, 1.82) is 0 Å². The zero-order chi connectivity index (χ0) is 15.4. The molecule has 0 bridgehead atoms. The van der Waals surface area contributed by atoms with Crippen LogP contribution in [0.25, 0.3) is 11.3 Å². The molecule has 0 spiro atoms. The molecule has 5 nitrogen and oxygen atoms in total. The predicted molar refractivity (Wildman–Crippen MR) is 86.8 cm³/mol. The number of rotatable bonds is 4. The fourth-order valence-electron chi connectivity index (χ4n) is 2.97. The first-order valence-corrected chi connectivity index (χ1v) is 7.70. The number of nitro groups is 1. The fraction of sp³-hybridized carbons (Fsp3) is 0.353. The fourth-order valence-corrected chi connectivity index (χ4v) is 2.97. The molecule has 22 heavy (non-hydrogen) atoms. The van der Waals surface area contributed by atoms with E-state index in [1.165, 1.54) is 19.3 Å². The molecule has 1 heterocycles. The number of benzene rings is 1. The molecule has 1 fully saturated rings. The lowest BCUT2D eigenvalue weighted by Crippen LogP contribution is -2.22. The van der Waals surface area contributed by atoms with Gasteiger partial charge in [-0.15, -0.1) is 0 Å². The predicted octanol–water partition coefficient (Wildman–Crippen LogP) is 4.40. The van der Waals surface area contributed by atoms with Crippen LogP contribution >= 0.6 is 0 Å². The molecule has 0 atom stereocenters. The molecule has 1 N–H and O–H groups in total. The van der Waals surface area contributed by atoms with E-state index in [0.29, 0.717) is 6.04 Å². The zero-order valence-corrected chi connectivity index (χ0v) is 12.4. The van der Waals surface area contributed by atoms with Gasteiger partial charge in [-0.2, -0.15) is 0 Å². The Hall–Kier alpha value is -2.43. The molecule has 3 rings (SSSR count). The highest BCUT2D eigenvalue weighted by Gasteiger charge is 2.17. The van der Waals surface area contributed by atoms with Gasteiger partial charge in [-0.1, -0.05) is 25.3 Å². The summed E-state index contributed by atoms with van der Waals surface area (Å²) in [6, 6.07) is 11.0. The summed E-state index contributed by atoms with van der Waals surface area (Å²) in [6.45, 7) is 0. The molecule has 114 valence electrons. The maximum absolute atomic E-state index is 11.1. The highest BCUT2D eigenvalue weighted by Crippen LogP contribution is 2.32. The third kappa shape index (κ3) is 3.24. The van der Waals surface area contributed by atoms with Gasteiger partial charge in [0, 0.05) is 35.6 Å². The average molecular weight is 297 g/mol. The Morgan fingerprint density at radius 3 is 2.64 bits per heavy atom. The number of hydrogen-bond acceptors (Lipinski definition) is 4. The summed E-state index contributed by atoms with van der Waals surface area (Å²) in [5.41, 5.74) is 2.57. The third-order valence-corrected chi connectivity index (χ3v) is 4.12. The van der Waals surface area contributed by atoms with Gasteiger partial charge in [-0.3, -0.25) is 15.1 Å². The molecule has 1 aromatic heterocycles. The number of aromatic nitrogens is 1. The second-order valence-electron chi connectivity index (χ2n) is 5.68. The minimum absolute atomic E-state index is 0.0925.